The molecule has 0 saturated carbocycles. The van der Waals surface area contributed by atoms with Gasteiger partial charge in [-0.15, -0.1) is 0 Å². The van der Waals surface area contributed by atoms with Crippen molar-refractivity contribution in [2.75, 3.05) is 16.8 Å². The minimum absolute atomic E-state index is 0.0116. The van der Waals surface area contributed by atoms with Gasteiger partial charge in [-0.25, -0.2) is 9.69 Å². The fraction of sp³-hybridized carbons (Fsp3) is 0.0952. The molecule has 0 fully saturated rings. The number of anilines is 2. The first-order valence-electron chi connectivity index (χ1n) is 9.13. The maximum Gasteiger partial charge on any atom is 0.338 e. The third-order valence-electron chi connectivity index (χ3n) is 4.51. The summed E-state index contributed by atoms with van der Waals surface area (Å²) in [5, 5.41) is 6.54. The van der Waals surface area contributed by atoms with Crippen molar-refractivity contribution in [2.45, 2.75) is 6.92 Å². The zero-order chi connectivity index (χ0) is 23.0. The Balaban J connectivity index is 1.44. The van der Waals surface area contributed by atoms with Crippen LogP contribution in [-0.2, 0) is 9.53 Å². The largest absolute Gasteiger partial charge is 0.452 e. The lowest BCUT2D eigenvalue weighted by Crippen LogP contribution is -2.29. The van der Waals surface area contributed by atoms with Gasteiger partial charge in [-0.1, -0.05) is 32.7 Å². The molecular formula is C21H13BrClN3O6. The molecule has 1 aliphatic rings. The average molecular weight is 519 g/mol. The maximum absolute atomic E-state index is 12.7. The van der Waals surface area contributed by atoms with E-state index in [1.807, 2.05) is 0 Å². The number of esters is 1. The number of hydrogen-bond donors (Lipinski definition) is 1. The Kier molecular flexibility index (Phi) is 5.81. The summed E-state index contributed by atoms with van der Waals surface area (Å²) in [6.45, 7) is 1.06. The van der Waals surface area contributed by atoms with Gasteiger partial charge in [0.2, 0.25) is 0 Å². The van der Waals surface area contributed by atoms with Gasteiger partial charge in [0.05, 0.1) is 27.4 Å². The summed E-state index contributed by atoms with van der Waals surface area (Å²) in [7, 11) is 0. The van der Waals surface area contributed by atoms with Crippen LogP contribution in [0.15, 0.2) is 51.5 Å². The van der Waals surface area contributed by atoms with Gasteiger partial charge in [-0.05, 0) is 43.3 Å². The summed E-state index contributed by atoms with van der Waals surface area (Å²) >= 11 is 9.31. The van der Waals surface area contributed by atoms with Crippen LogP contribution in [0.2, 0.25) is 5.02 Å². The first-order valence-corrected chi connectivity index (χ1v) is 10.3. The number of benzene rings is 2. The molecule has 9 nitrogen and oxygen atoms in total. The molecule has 4 rings (SSSR count). The SMILES string of the molecule is Cc1cc(N2C(=O)c3ccc(C(=O)OCC(=O)Nc4ccc(Br)cc4Cl)cc3C2=O)no1. The molecule has 3 amide bonds. The minimum Gasteiger partial charge on any atom is -0.452 e. The Morgan fingerprint density at radius 2 is 1.88 bits per heavy atom. The van der Waals surface area contributed by atoms with Crippen molar-refractivity contribution >= 4 is 62.7 Å². The number of nitrogens with one attached hydrogen (secondary N) is 1. The molecule has 0 atom stereocenters. The second-order valence-corrected chi connectivity index (χ2v) is 8.07. The molecule has 0 aliphatic carbocycles. The molecule has 0 spiro atoms. The topological polar surface area (TPSA) is 119 Å². The van der Waals surface area contributed by atoms with E-state index >= 15 is 0 Å². The Morgan fingerprint density at radius 3 is 2.56 bits per heavy atom. The van der Waals surface area contributed by atoms with E-state index in [-0.39, 0.29) is 22.5 Å². The van der Waals surface area contributed by atoms with Crippen LogP contribution in [0.3, 0.4) is 0 Å². The summed E-state index contributed by atoms with van der Waals surface area (Å²) in [6.07, 6.45) is 0. The summed E-state index contributed by atoms with van der Waals surface area (Å²) in [5.74, 6) is -2.16. The highest BCUT2D eigenvalue weighted by Gasteiger charge is 2.38. The number of ether oxygens (including phenoxy) is 1. The molecule has 0 radical (unpaired) electrons. The van der Waals surface area contributed by atoms with Crippen LogP contribution in [0.1, 0.15) is 36.8 Å². The number of hydrogen-bond acceptors (Lipinski definition) is 7. The number of aryl methyl sites for hydroxylation is 1. The predicted octanol–water partition coefficient (Wildman–Crippen LogP) is 4.00. The number of carbonyl (C=O) groups is 4. The monoisotopic (exact) mass is 517 g/mol. The van der Waals surface area contributed by atoms with Crippen LogP contribution in [0, 0.1) is 6.92 Å². The fourth-order valence-electron chi connectivity index (χ4n) is 3.03. The smallest absolute Gasteiger partial charge is 0.338 e. The summed E-state index contributed by atoms with van der Waals surface area (Å²) < 4.78 is 10.7. The Labute approximate surface area is 194 Å². The second-order valence-electron chi connectivity index (χ2n) is 6.75. The first kappa shape index (κ1) is 21.7. The maximum atomic E-state index is 12.7. The van der Waals surface area contributed by atoms with E-state index in [4.69, 9.17) is 20.9 Å². The average Bonchev–Trinajstić information content (AvgIpc) is 3.28. The summed E-state index contributed by atoms with van der Waals surface area (Å²) in [5.41, 5.74) is 0.518. The normalized spacial score (nSPS) is 12.7. The zero-order valence-electron chi connectivity index (χ0n) is 16.3. The van der Waals surface area contributed by atoms with Crippen molar-refractivity contribution in [2.24, 2.45) is 0 Å². The third-order valence-corrected chi connectivity index (χ3v) is 5.31. The van der Waals surface area contributed by atoms with Gasteiger partial charge in [0.25, 0.3) is 17.7 Å². The molecular weight excluding hydrogens is 506 g/mol. The van der Waals surface area contributed by atoms with E-state index < -0.39 is 30.3 Å². The fourth-order valence-corrected chi connectivity index (χ4v) is 3.75. The quantitative estimate of drug-likeness (QED) is 0.401. The van der Waals surface area contributed by atoms with Crippen molar-refractivity contribution < 1.29 is 28.4 Å². The molecule has 1 N–H and O–H groups in total. The van der Waals surface area contributed by atoms with Crippen molar-refractivity contribution in [3.8, 4) is 0 Å². The number of amides is 3. The van der Waals surface area contributed by atoms with Gasteiger partial charge in [-0.2, -0.15) is 0 Å². The number of fused-ring (bicyclic) bond motifs is 1. The van der Waals surface area contributed by atoms with Crippen LogP contribution < -0.4 is 10.2 Å². The van der Waals surface area contributed by atoms with E-state index in [0.717, 1.165) is 9.37 Å². The lowest BCUT2D eigenvalue weighted by atomic mass is 10.1. The molecule has 1 aromatic heterocycles. The molecule has 0 saturated heterocycles. The van der Waals surface area contributed by atoms with Gasteiger partial charge in [-0.3, -0.25) is 14.4 Å². The van der Waals surface area contributed by atoms with E-state index in [0.29, 0.717) is 16.5 Å². The van der Waals surface area contributed by atoms with E-state index in [1.54, 1.807) is 25.1 Å². The van der Waals surface area contributed by atoms with E-state index in [1.165, 1.54) is 24.3 Å². The highest BCUT2D eigenvalue weighted by atomic mass is 79.9. The molecule has 0 bridgehead atoms. The minimum atomic E-state index is -0.833. The molecule has 162 valence electrons. The summed E-state index contributed by atoms with van der Waals surface area (Å²) in [4.78, 5) is 50.6. The number of imide groups is 1. The molecule has 32 heavy (non-hydrogen) atoms. The lowest BCUT2D eigenvalue weighted by Gasteiger charge is -2.09. The number of halogens is 2. The number of rotatable bonds is 5. The van der Waals surface area contributed by atoms with Gasteiger partial charge in [0.1, 0.15) is 5.76 Å². The predicted molar refractivity (Wildman–Crippen MR) is 117 cm³/mol. The standard InChI is InChI=1S/C21H13BrClN3O6/c1-10-6-17(25-32-10)26-19(28)13-4-2-11(7-14(13)20(26)29)21(30)31-9-18(27)24-16-5-3-12(22)8-15(16)23/h2-8H,9H2,1H3,(H,24,27). The summed E-state index contributed by atoms with van der Waals surface area (Å²) in [6, 6.07) is 10.3. The van der Waals surface area contributed by atoms with Crippen molar-refractivity contribution in [1.82, 2.24) is 5.16 Å². The second kappa shape index (κ2) is 8.56. The van der Waals surface area contributed by atoms with E-state index in [2.05, 4.69) is 26.4 Å². The highest BCUT2D eigenvalue weighted by Crippen LogP contribution is 2.29. The van der Waals surface area contributed by atoms with Crippen LogP contribution in [-0.4, -0.2) is 35.5 Å². The van der Waals surface area contributed by atoms with Crippen molar-refractivity contribution in [3.63, 3.8) is 0 Å². The van der Waals surface area contributed by atoms with Crippen LogP contribution in [0.25, 0.3) is 0 Å². The van der Waals surface area contributed by atoms with Gasteiger partial charge in [0, 0.05) is 10.5 Å². The number of nitrogens with zero attached hydrogens (tertiary/aromatic N) is 2. The van der Waals surface area contributed by atoms with Crippen LogP contribution >= 0.6 is 27.5 Å². The lowest BCUT2D eigenvalue weighted by molar-refractivity contribution is -0.119. The third kappa shape index (κ3) is 4.14. The molecule has 1 aliphatic heterocycles. The van der Waals surface area contributed by atoms with Crippen LogP contribution in [0.4, 0.5) is 11.5 Å². The van der Waals surface area contributed by atoms with Crippen molar-refractivity contribution in [1.29, 1.82) is 0 Å². The van der Waals surface area contributed by atoms with Crippen molar-refractivity contribution in [3.05, 3.63) is 74.4 Å². The molecule has 2 heterocycles. The molecule has 11 heteroatoms. The molecule has 0 unspecified atom stereocenters. The van der Waals surface area contributed by atoms with Gasteiger partial charge in [0.15, 0.2) is 12.4 Å². The number of carbonyl (C=O) groups excluding carboxylic acids is 4. The van der Waals surface area contributed by atoms with E-state index in [9.17, 15) is 19.2 Å². The molecule has 2 aromatic carbocycles. The molecule has 3 aromatic rings. The van der Waals surface area contributed by atoms with Gasteiger partial charge < -0.3 is 14.6 Å². The highest BCUT2D eigenvalue weighted by molar-refractivity contribution is 9.10. The van der Waals surface area contributed by atoms with Crippen LogP contribution in [0.5, 0.6) is 0 Å². The number of aromatic nitrogens is 1. The Morgan fingerprint density at radius 1 is 1.12 bits per heavy atom. The Bertz CT molecular complexity index is 1290. The first-order chi connectivity index (χ1) is 15.2. The zero-order valence-corrected chi connectivity index (χ0v) is 18.7. The van der Waals surface area contributed by atoms with Gasteiger partial charge >= 0.3 is 5.97 Å². The Hall–Kier alpha value is -3.50.